The molecule has 0 saturated carbocycles. The van der Waals surface area contributed by atoms with E-state index < -0.39 is 0 Å². The van der Waals surface area contributed by atoms with Crippen LogP contribution in [0.5, 0.6) is 5.75 Å². The molecule has 2 aromatic carbocycles. The Morgan fingerprint density at radius 3 is 2.62 bits per heavy atom. The highest BCUT2D eigenvalue weighted by Crippen LogP contribution is 2.30. The zero-order valence-electron chi connectivity index (χ0n) is 11.3. The number of hydrogen-bond acceptors (Lipinski definition) is 3. The first-order valence-electron chi connectivity index (χ1n) is 6.19. The van der Waals surface area contributed by atoms with Crippen molar-refractivity contribution in [3.8, 4) is 5.75 Å². The van der Waals surface area contributed by atoms with E-state index in [0.29, 0.717) is 22.1 Å². The van der Waals surface area contributed by atoms with Crippen molar-refractivity contribution in [2.24, 2.45) is 0 Å². The molecule has 6 heteroatoms. The van der Waals surface area contributed by atoms with E-state index in [1.165, 1.54) is 0 Å². The molecule has 0 aliphatic heterocycles. The fourth-order valence-electron chi connectivity index (χ4n) is 1.82. The van der Waals surface area contributed by atoms with Gasteiger partial charge in [0.05, 0.1) is 5.69 Å². The van der Waals surface area contributed by atoms with Crippen molar-refractivity contribution in [3.05, 3.63) is 51.5 Å². The zero-order valence-corrected chi connectivity index (χ0v) is 13.7. The fourth-order valence-corrected chi connectivity index (χ4v) is 2.54. The summed E-state index contributed by atoms with van der Waals surface area (Å²) >= 11 is 9.13. The number of hydrogen-bond donors (Lipinski definition) is 2. The molecule has 0 atom stereocenters. The first-order valence-corrected chi connectivity index (χ1v) is 7.36. The van der Waals surface area contributed by atoms with Gasteiger partial charge >= 0.3 is 0 Å². The standard InChI is InChI=1S/C15H14BrClN2O2/c1-9-6-10(16)7-13(18)15(9)21-8-14(20)19-12-4-2-11(17)3-5-12/h2-7H,8,18H2,1H3,(H,19,20). The van der Waals surface area contributed by atoms with E-state index >= 15 is 0 Å². The van der Waals surface area contributed by atoms with Gasteiger partial charge in [0, 0.05) is 15.2 Å². The molecule has 0 radical (unpaired) electrons. The van der Waals surface area contributed by atoms with E-state index in [-0.39, 0.29) is 12.5 Å². The largest absolute Gasteiger partial charge is 0.481 e. The minimum atomic E-state index is -0.265. The maximum Gasteiger partial charge on any atom is 0.262 e. The molecule has 0 unspecified atom stereocenters. The normalized spacial score (nSPS) is 10.2. The highest BCUT2D eigenvalue weighted by Gasteiger charge is 2.09. The molecule has 2 rings (SSSR count). The summed E-state index contributed by atoms with van der Waals surface area (Å²) in [5.74, 6) is 0.253. The van der Waals surface area contributed by atoms with E-state index in [0.717, 1.165) is 10.0 Å². The smallest absolute Gasteiger partial charge is 0.262 e. The average molecular weight is 370 g/mol. The topological polar surface area (TPSA) is 64.3 Å². The predicted octanol–water partition coefficient (Wildman–Crippen LogP) is 4.01. The second-order valence-electron chi connectivity index (χ2n) is 4.48. The Bertz CT molecular complexity index is 636. The third-order valence-electron chi connectivity index (χ3n) is 2.74. The van der Waals surface area contributed by atoms with Crippen LogP contribution in [-0.4, -0.2) is 12.5 Å². The molecule has 0 aliphatic carbocycles. The number of amides is 1. The summed E-state index contributed by atoms with van der Waals surface area (Å²) in [7, 11) is 0. The highest BCUT2D eigenvalue weighted by atomic mass is 79.9. The average Bonchev–Trinajstić information content (AvgIpc) is 2.40. The number of carbonyl (C=O) groups excluding carboxylic acids is 1. The zero-order chi connectivity index (χ0) is 15.4. The molecule has 110 valence electrons. The predicted molar refractivity (Wildman–Crippen MR) is 88.9 cm³/mol. The van der Waals surface area contributed by atoms with Gasteiger partial charge in [-0.25, -0.2) is 0 Å². The summed E-state index contributed by atoms with van der Waals surface area (Å²) in [6.07, 6.45) is 0. The van der Waals surface area contributed by atoms with Crippen LogP contribution in [0.3, 0.4) is 0 Å². The molecule has 0 aromatic heterocycles. The van der Waals surface area contributed by atoms with Crippen LogP contribution in [0.1, 0.15) is 5.56 Å². The van der Waals surface area contributed by atoms with Crippen LogP contribution in [0.4, 0.5) is 11.4 Å². The number of nitrogens with two attached hydrogens (primary N) is 1. The van der Waals surface area contributed by atoms with Gasteiger partial charge in [0.1, 0.15) is 5.75 Å². The second kappa shape index (κ2) is 6.83. The number of anilines is 2. The Hall–Kier alpha value is -1.72. The van der Waals surface area contributed by atoms with Crippen LogP contribution in [0, 0.1) is 6.92 Å². The van der Waals surface area contributed by atoms with Gasteiger partial charge in [-0.05, 0) is 48.9 Å². The molecule has 0 aliphatic rings. The Balaban J connectivity index is 1.97. The van der Waals surface area contributed by atoms with Crippen molar-refractivity contribution in [3.63, 3.8) is 0 Å². The first-order chi connectivity index (χ1) is 9.95. The minimum absolute atomic E-state index is 0.116. The van der Waals surface area contributed by atoms with Gasteiger partial charge in [-0.1, -0.05) is 27.5 Å². The Labute approximate surface area is 136 Å². The molecule has 0 bridgehead atoms. The molecular formula is C15H14BrClN2O2. The third kappa shape index (κ3) is 4.37. The van der Waals surface area contributed by atoms with E-state index in [9.17, 15) is 4.79 Å². The van der Waals surface area contributed by atoms with Crippen LogP contribution in [-0.2, 0) is 4.79 Å². The van der Waals surface area contributed by atoms with Gasteiger partial charge in [-0.3, -0.25) is 4.79 Å². The van der Waals surface area contributed by atoms with Crippen molar-refractivity contribution >= 4 is 44.8 Å². The summed E-state index contributed by atoms with van der Waals surface area (Å²) in [5, 5.41) is 3.33. The van der Waals surface area contributed by atoms with Crippen molar-refractivity contribution in [1.29, 1.82) is 0 Å². The molecule has 0 heterocycles. The maximum absolute atomic E-state index is 11.8. The Morgan fingerprint density at radius 2 is 2.00 bits per heavy atom. The number of ether oxygens (including phenoxy) is 1. The molecular weight excluding hydrogens is 356 g/mol. The van der Waals surface area contributed by atoms with Crippen molar-refractivity contribution < 1.29 is 9.53 Å². The second-order valence-corrected chi connectivity index (χ2v) is 5.84. The lowest BCUT2D eigenvalue weighted by atomic mass is 10.2. The summed E-state index contributed by atoms with van der Waals surface area (Å²) in [5.41, 5.74) is 7.89. The van der Waals surface area contributed by atoms with Crippen molar-refractivity contribution in [2.75, 3.05) is 17.7 Å². The van der Waals surface area contributed by atoms with Gasteiger partial charge in [0.2, 0.25) is 0 Å². The summed E-state index contributed by atoms with van der Waals surface area (Å²) in [4.78, 5) is 11.8. The van der Waals surface area contributed by atoms with Crippen molar-refractivity contribution in [1.82, 2.24) is 0 Å². The number of nitrogens with one attached hydrogen (secondary N) is 1. The Morgan fingerprint density at radius 1 is 1.33 bits per heavy atom. The number of benzene rings is 2. The van der Waals surface area contributed by atoms with E-state index in [4.69, 9.17) is 22.1 Å². The highest BCUT2D eigenvalue weighted by molar-refractivity contribution is 9.10. The van der Waals surface area contributed by atoms with E-state index in [1.54, 1.807) is 30.3 Å². The van der Waals surface area contributed by atoms with Gasteiger partial charge in [0.25, 0.3) is 5.91 Å². The van der Waals surface area contributed by atoms with E-state index in [1.807, 2.05) is 13.0 Å². The minimum Gasteiger partial charge on any atom is -0.481 e. The molecule has 21 heavy (non-hydrogen) atoms. The maximum atomic E-state index is 11.8. The first kappa shape index (κ1) is 15.7. The van der Waals surface area contributed by atoms with Crippen LogP contribution >= 0.6 is 27.5 Å². The molecule has 1 amide bonds. The number of aryl methyl sites for hydroxylation is 1. The summed E-state index contributed by atoms with van der Waals surface area (Å²) < 4.78 is 6.37. The van der Waals surface area contributed by atoms with Crippen LogP contribution in [0.25, 0.3) is 0 Å². The summed E-state index contributed by atoms with van der Waals surface area (Å²) in [6, 6.07) is 10.5. The lowest BCUT2D eigenvalue weighted by Crippen LogP contribution is -2.20. The number of nitrogen functional groups attached to an aromatic ring is 1. The summed E-state index contributed by atoms with van der Waals surface area (Å²) in [6.45, 7) is 1.75. The number of rotatable bonds is 4. The molecule has 0 spiro atoms. The van der Waals surface area contributed by atoms with Gasteiger partial charge < -0.3 is 15.8 Å². The van der Waals surface area contributed by atoms with Gasteiger partial charge in [-0.15, -0.1) is 0 Å². The van der Waals surface area contributed by atoms with Crippen LogP contribution in [0.2, 0.25) is 5.02 Å². The third-order valence-corrected chi connectivity index (χ3v) is 3.45. The number of halogens is 2. The fraction of sp³-hybridized carbons (Fsp3) is 0.133. The van der Waals surface area contributed by atoms with Gasteiger partial charge in [0.15, 0.2) is 6.61 Å². The van der Waals surface area contributed by atoms with Crippen LogP contribution in [0.15, 0.2) is 40.9 Å². The molecule has 3 N–H and O–H groups in total. The van der Waals surface area contributed by atoms with Gasteiger partial charge in [-0.2, -0.15) is 0 Å². The SMILES string of the molecule is Cc1cc(Br)cc(N)c1OCC(=O)Nc1ccc(Cl)cc1. The Kier molecular flexibility index (Phi) is 5.09. The molecule has 0 saturated heterocycles. The quantitative estimate of drug-likeness (QED) is 0.800. The molecule has 0 fully saturated rings. The van der Waals surface area contributed by atoms with Crippen LogP contribution < -0.4 is 15.8 Å². The lowest BCUT2D eigenvalue weighted by molar-refractivity contribution is -0.118. The number of carbonyl (C=O) groups is 1. The molecule has 4 nitrogen and oxygen atoms in total. The monoisotopic (exact) mass is 368 g/mol. The van der Waals surface area contributed by atoms with E-state index in [2.05, 4.69) is 21.2 Å². The van der Waals surface area contributed by atoms with Crippen molar-refractivity contribution in [2.45, 2.75) is 6.92 Å². The lowest BCUT2D eigenvalue weighted by Gasteiger charge is -2.12. The molecule has 2 aromatic rings.